The van der Waals surface area contributed by atoms with Gasteiger partial charge in [-0.3, -0.25) is 0 Å². The van der Waals surface area contributed by atoms with E-state index in [1.165, 1.54) is 12.8 Å². The summed E-state index contributed by atoms with van der Waals surface area (Å²) in [5.41, 5.74) is 5.44. The summed E-state index contributed by atoms with van der Waals surface area (Å²) in [5.74, 6) is 0. The van der Waals surface area contributed by atoms with Gasteiger partial charge in [-0.25, -0.2) is 0 Å². The van der Waals surface area contributed by atoms with Gasteiger partial charge in [0.15, 0.2) is 0 Å². The van der Waals surface area contributed by atoms with Gasteiger partial charge in [0.05, 0.1) is 0 Å². The molecular weight excluding hydrogens is 124 g/mol. The van der Waals surface area contributed by atoms with Crippen molar-refractivity contribution in [2.24, 2.45) is 5.73 Å². The van der Waals surface area contributed by atoms with Gasteiger partial charge in [0.1, 0.15) is 0 Å². The van der Waals surface area contributed by atoms with E-state index in [2.05, 4.69) is 19.2 Å². The standard InChI is InChI=1S/C8H20N2/c1-3-7-10-8(4-2)5-6-9/h8,10H,3-7,9H2,1-2H3. The number of hydrogen-bond acceptors (Lipinski definition) is 2. The summed E-state index contributed by atoms with van der Waals surface area (Å²) in [6.45, 7) is 6.30. The lowest BCUT2D eigenvalue weighted by atomic mass is 10.1. The van der Waals surface area contributed by atoms with Crippen molar-refractivity contribution in [1.82, 2.24) is 5.32 Å². The molecule has 0 fully saturated rings. The van der Waals surface area contributed by atoms with Gasteiger partial charge in [-0.1, -0.05) is 13.8 Å². The molecule has 0 aromatic heterocycles. The van der Waals surface area contributed by atoms with Crippen molar-refractivity contribution in [3.63, 3.8) is 0 Å². The minimum atomic E-state index is 0.643. The van der Waals surface area contributed by atoms with E-state index in [1.807, 2.05) is 0 Å². The van der Waals surface area contributed by atoms with Crippen LogP contribution in [0.2, 0.25) is 0 Å². The zero-order valence-corrected chi connectivity index (χ0v) is 7.19. The molecule has 1 unspecified atom stereocenters. The molecule has 10 heavy (non-hydrogen) atoms. The molecule has 2 heteroatoms. The summed E-state index contributed by atoms with van der Waals surface area (Å²) >= 11 is 0. The first kappa shape index (κ1) is 9.92. The summed E-state index contributed by atoms with van der Waals surface area (Å²) < 4.78 is 0. The van der Waals surface area contributed by atoms with Crippen LogP contribution in [0.3, 0.4) is 0 Å². The Morgan fingerprint density at radius 3 is 2.50 bits per heavy atom. The Bertz CT molecular complexity index is 64.3. The largest absolute Gasteiger partial charge is 0.330 e. The average Bonchev–Trinajstić information content (AvgIpc) is 1.98. The van der Waals surface area contributed by atoms with Crippen LogP contribution in [0.4, 0.5) is 0 Å². The van der Waals surface area contributed by atoms with Crippen molar-refractivity contribution in [1.29, 1.82) is 0 Å². The lowest BCUT2D eigenvalue weighted by Gasteiger charge is -2.14. The van der Waals surface area contributed by atoms with E-state index >= 15 is 0 Å². The first-order chi connectivity index (χ1) is 4.85. The van der Waals surface area contributed by atoms with E-state index in [-0.39, 0.29) is 0 Å². The molecule has 0 saturated heterocycles. The van der Waals surface area contributed by atoms with Crippen LogP contribution in [0.1, 0.15) is 33.1 Å². The van der Waals surface area contributed by atoms with Gasteiger partial charge < -0.3 is 11.1 Å². The topological polar surface area (TPSA) is 38.0 Å². The Morgan fingerprint density at radius 2 is 2.10 bits per heavy atom. The SMILES string of the molecule is CCCNC(CC)CCN. The monoisotopic (exact) mass is 144 g/mol. The fraction of sp³-hybridized carbons (Fsp3) is 1.00. The van der Waals surface area contributed by atoms with E-state index < -0.39 is 0 Å². The Balaban J connectivity index is 3.21. The third-order valence-corrected chi connectivity index (χ3v) is 1.69. The first-order valence-corrected chi connectivity index (χ1v) is 4.28. The van der Waals surface area contributed by atoms with Crippen LogP contribution in [0.5, 0.6) is 0 Å². The second-order valence-corrected chi connectivity index (χ2v) is 2.64. The van der Waals surface area contributed by atoms with Crippen LogP contribution in [0, 0.1) is 0 Å². The molecule has 0 rings (SSSR count). The molecule has 1 atom stereocenters. The van der Waals surface area contributed by atoms with Crippen LogP contribution in [0.25, 0.3) is 0 Å². The predicted molar refractivity (Wildman–Crippen MR) is 46.0 cm³/mol. The molecule has 0 amide bonds. The Kier molecular flexibility index (Phi) is 6.98. The predicted octanol–water partition coefficient (Wildman–Crippen LogP) is 1.11. The van der Waals surface area contributed by atoms with E-state index in [9.17, 15) is 0 Å². The second kappa shape index (κ2) is 7.03. The molecular formula is C8H20N2. The zero-order chi connectivity index (χ0) is 7.82. The first-order valence-electron chi connectivity index (χ1n) is 4.28. The van der Waals surface area contributed by atoms with Crippen molar-refractivity contribution in [3.8, 4) is 0 Å². The summed E-state index contributed by atoms with van der Waals surface area (Å²) in [4.78, 5) is 0. The van der Waals surface area contributed by atoms with Gasteiger partial charge >= 0.3 is 0 Å². The van der Waals surface area contributed by atoms with Crippen molar-refractivity contribution >= 4 is 0 Å². The minimum absolute atomic E-state index is 0.643. The summed E-state index contributed by atoms with van der Waals surface area (Å²) in [6.07, 6.45) is 3.51. The van der Waals surface area contributed by atoms with E-state index in [0.29, 0.717) is 6.04 Å². The molecule has 0 spiro atoms. The third kappa shape index (κ3) is 4.77. The summed E-state index contributed by atoms with van der Waals surface area (Å²) in [7, 11) is 0. The highest BCUT2D eigenvalue weighted by molar-refractivity contribution is 4.63. The highest BCUT2D eigenvalue weighted by Crippen LogP contribution is 1.94. The van der Waals surface area contributed by atoms with Crippen molar-refractivity contribution in [3.05, 3.63) is 0 Å². The lowest BCUT2D eigenvalue weighted by molar-refractivity contribution is 0.473. The Labute approximate surface area is 64.2 Å². The molecule has 2 nitrogen and oxygen atoms in total. The molecule has 0 aromatic carbocycles. The molecule has 0 radical (unpaired) electrons. The average molecular weight is 144 g/mol. The quantitative estimate of drug-likeness (QED) is 0.586. The normalized spacial score (nSPS) is 13.5. The number of rotatable bonds is 6. The number of hydrogen-bond donors (Lipinski definition) is 2. The van der Waals surface area contributed by atoms with Gasteiger partial charge in [-0.2, -0.15) is 0 Å². The van der Waals surface area contributed by atoms with Crippen LogP contribution >= 0.6 is 0 Å². The van der Waals surface area contributed by atoms with Gasteiger partial charge in [0.2, 0.25) is 0 Å². The highest BCUT2D eigenvalue weighted by atomic mass is 14.9. The molecule has 62 valence electrons. The molecule has 0 heterocycles. The maximum Gasteiger partial charge on any atom is 0.00764 e. The molecule has 0 aromatic rings. The minimum Gasteiger partial charge on any atom is -0.330 e. The highest BCUT2D eigenvalue weighted by Gasteiger charge is 2.01. The van der Waals surface area contributed by atoms with E-state index in [1.54, 1.807) is 0 Å². The molecule has 0 saturated carbocycles. The molecule has 3 N–H and O–H groups in total. The Hall–Kier alpha value is -0.0800. The third-order valence-electron chi connectivity index (χ3n) is 1.69. The maximum absolute atomic E-state index is 5.44. The number of nitrogens with two attached hydrogens (primary N) is 1. The maximum atomic E-state index is 5.44. The summed E-state index contributed by atoms with van der Waals surface area (Å²) in [5, 5.41) is 3.44. The lowest BCUT2D eigenvalue weighted by Crippen LogP contribution is -2.31. The van der Waals surface area contributed by atoms with E-state index in [0.717, 1.165) is 19.5 Å². The van der Waals surface area contributed by atoms with Gasteiger partial charge in [0, 0.05) is 6.04 Å². The molecule has 0 bridgehead atoms. The fourth-order valence-corrected chi connectivity index (χ4v) is 1.00. The summed E-state index contributed by atoms with van der Waals surface area (Å²) in [6, 6.07) is 0.643. The van der Waals surface area contributed by atoms with Gasteiger partial charge in [-0.05, 0) is 32.4 Å². The molecule has 0 aliphatic heterocycles. The Morgan fingerprint density at radius 1 is 1.40 bits per heavy atom. The van der Waals surface area contributed by atoms with Gasteiger partial charge in [-0.15, -0.1) is 0 Å². The van der Waals surface area contributed by atoms with Crippen LogP contribution in [0.15, 0.2) is 0 Å². The molecule has 0 aliphatic rings. The zero-order valence-electron chi connectivity index (χ0n) is 7.19. The van der Waals surface area contributed by atoms with Crippen LogP contribution in [-0.2, 0) is 0 Å². The van der Waals surface area contributed by atoms with Crippen molar-refractivity contribution < 1.29 is 0 Å². The van der Waals surface area contributed by atoms with Crippen LogP contribution < -0.4 is 11.1 Å². The van der Waals surface area contributed by atoms with Crippen LogP contribution in [-0.4, -0.2) is 19.1 Å². The fourth-order valence-electron chi connectivity index (χ4n) is 1.00. The number of nitrogens with one attached hydrogen (secondary N) is 1. The van der Waals surface area contributed by atoms with E-state index in [4.69, 9.17) is 5.73 Å². The van der Waals surface area contributed by atoms with Crippen molar-refractivity contribution in [2.45, 2.75) is 39.2 Å². The smallest absolute Gasteiger partial charge is 0.00764 e. The molecule has 0 aliphatic carbocycles. The van der Waals surface area contributed by atoms with Crippen molar-refractivity contribution in [2.75, 3.05) is 13.1 Å². The van der Waals surface area contributed by atoms with Gasteiger partial charge in [0.25, 0.3) is 0 Å². The second-order valence-electron chi connectivity index (χ2n) is 2.64.